The molecule has 4 rings (SSSR count). The van der Waals surface area contributed by atoms with E-state index >= 15 is 4.39 Å². The lowest BCUT2D eigenvalue weighted by Gasteiger charge is -2.38. The number of aromatic carboxylic acids is 1. The largest absolute Gasteiger partial charge is 0.477 e. The second kappa shape index (κ2) is 8.11. The van der Waals surface area contributed by atoms with E-state index in [1.165, 1.54) is 10.8 Å². The maximum Gasteiger partial charge on any atom is 0.341 e. The van der Waals surface area contributed by atoms with Crippen LogP contribution in [0.3, 0.4) is 0 Å². The number of hydrogen-bond acceptors (Lipinski definition) is 5. The first-order chi connectivity index (χ1) is 14.7. The normalized spacial score (nSPS) is 19.1. The summed E-state index contributed by atoms with van der Waals surface area (Å²) in [4.78, 5) is 30.5. The summed E-state index contributed by atoms with van der Waals surface area (Å²) in [6.45, 7) is 5.01. The monoisotopic (exact) mass is 464 g/mol. The van der Waals surface area contributed by atoms with Crippen molar-refractivity contribution in [2.45, 2.75) is 25.9 Å². The van der Waals surface area contributed by atoms with E-state index < -0.39 is 22.8 Å². The molecular formula is C21H19Cl2FN4O3. The maximum absolute atomic E-state index is 15.2. The van der Waals surface area contributed by atoms with Gasteiger partial charge in [0.15, 0.2) is 0 Å². The molecule has 2 N–H and O–H groups in total. The van der Waals surface area contributed by atoms with Gasteiger partial charge in [0, 0.05) is 37.6 Å². The molecule has 0 aliphatic carbocycles. The van der Waals surface area contributed by atoms with Crippen molar-refractivity contribution in [1.29, 1.82) is 0 Å². The van der Waals surface area contributed by atoms with E-state index in [0.29, 0.717) is 23.9 Å². The Hall–Kier alpha value is -2.68. The summed E-state index contributed by atoms with van der Waals surface area (Å²) >= 11 is 12.6. The van der Waals surface area contributed by atoms with Crippen molar-refractivity contribution in [2.24, 2.45) is 0 Å². The number of nitrogens with one attached hydrogen (secondary N) is 1. The first-order valence-corrected chi connectivity index (χ1v) is 10.4. The number of rotatable bonds is 3. The van der Waals surface area contributed by atoms with E-state index in [9.17, 15) is 14.7 Å². The molecule has 3 heterocycles. The lowest BCUT2D eigenvalue weighted by molar-refractivity contribution is 0.0695. The van der Waals surface area contributed by atoms with E-state index in [4.69, 9.17) is 23.2 Å². The van der Waals surface area contributed by atoms with Crippen molar-refractivity contribution < 1.29 is 14.3 Å². The third-order valence-corrected chi connectivity index (χ3v) is 5.80. The molecule has 1 fully saturated rings. The third-order valence-electron chi connectivity index (χ3n) is 5.22. The van der Waals surface area contributed by atoms with Crippen LogP contribution < -0.4 is 15.6 Å². The van der Waals surface area contributed by atoms with Crippen LogP contribution in [0.4, 0.5) is 10.1 Å². The average molecular weight is 465 g/mol. The van der Waals surface area contributed by atoms with Crippen LogP contribution in [0, 0.1) is 5.82 Å². The van der Waals surface area contributed by atoms with E-state index in [1.54, 1.807) is 12.1 Å². The molecule has 0 spiro atoms. The van der Waals surface area contributed by atoms with Crippen LogP contribution in [0.5, 0.6) is 0 Å². The predicted molar refractivity (Wildman–Crippen MR) is 119 cm³/mol. The Morgan fingerprint density at radius 3 is 2.52 bits per heavy atom. The molecule has 1 aliphatic rings. The minimum absolute atomic E-state index is 0.0158. The second-order valence-corrected chi connectivity index (χ2v) is 8.49. The van der Waals surface area contributed by atoms with Crippen LogP contribution >= 0.6 is 23.2 Å². The Kier molecular flexibility index (Phi) is 5.63. The number of fused-ring (bicyclic) bond motifs is 1. The smallest absolute Gasteiger partial charge is 0.341 e. The zero-order valence-electron chi connectivity index (χ0n) is 16.7. The van der Waals surface area contributed by atoms with Gasteiger partial charge in [-0.2, -0.15) is 0 Å². The molecule has 0 bridgehead atoms. The van der Waals surface area contributed by atoms with Gasteiger partial charge in [-0.15, -0.1) is 0 Å². The third kappa shape index (κ3) is 3.86. The van der Waals surface area contributed by atoms with Gasteiger partial charge in [0.25, 0.3) is 0 Å². The topological polar surface area (TPSA) is 87.5 Å². The summed E-state index contributed by atoms with van der Waals surface area (Å²) in [6, 6.07) is 4.39. The van der Waals surface area contributed by atoms with Crippen LogP contribution in [0.15, 0.2) is 35.4 Å². The fourth-order valence-corrected chi connectivity index (χ4v) is 4.56. The number of carbonyl (C=O) groups is 1. The van der Waals surface area contributed by atoms with Crippen LogP contribution in [0.1, 0.15) is 24.2 Å². The number of halogens is 3. The number of anilines is 1. The van der Waals surface area contributed by atoms with Gasteiger partial charge in [0.2, 0.25) is 5.43 Å². The fraction of sp³-hybridized carbons (Fsp3) is 0.286. The molecule has 1 aromatic carbocycles. The number of benzene rings is 1. The van der Waals surface area contributed by atoms with E-state index in [2.05, 4.69) is 10.3 Å². The SMILES string of the molecule is CC1CN(c2c(F)cc3c(=O)c(C(=O)O)cn(-c4ccc(Cl)cn4)c3c2Cl)CC(C)N1. The highest BCUT2D eigenvalue weighted by atomic mass is 35.5. The zero-order chi connectivity index (χ0) is 22.4. The van der Waals surface area contributed by atoms with Gasteiger partial charge in [-0.25, -0.2) is 14.2 Å². The Bertz CT molecular complexity index is 1240. The first kappa shape index (κ1) is 21.5. The average Bonchev–Trinajstić information content (AvgIpc) is 2.68. The molecule has 10 heteroatoms. The molecule has 2 unspecified atom stereocenters. The molecule has 3 aromatic rings. The Morgan fingerprint density at radius 2 is 1.94 bits per heavy atom. The van der Waals surface area contributed by atoms with Crippen LogP contribution in [-0.2, 0) is 0 Å². The molecule has 2 aromatic heterocycles. The fourth-order valence-electron chi connectivity index (χ4n) is 4.05. The molecule has 7 nitrogen and oxygen atoms in total. The van der Waals surface area contributed by atoms with Crippen molar-refractivity contribution in [3.8, 4) is 5.82 Å². The number of pyridine rings is 2. The maximum atomic E-state index is 15.2. The van der Waals surface area contributed by atoms with Gasteiger partial charge in [-0.1, -0.05) is 23.2 Å². The second-order valence-electron chi connectivity index (χ2n) is 7.67. The van der Waals surface area contributed by atoms with E-state index in [1.807, 2.05) is 18.7 Å². The summed E-state index contributed by atoms with van der Waals surface area (Å²) < 4.78 is 16.6. The molecule has 162 valence electrons. The van der Waals surface area contributed by atoms with Crippen molar-refractivity contribution >= 4 is 45.8 Å². The van der Waals surface area contributed by atoms with Crippen molar-refractivity contribution in [2.75, 3.05) is 18.0 Å². The van der Waals surface area contributed by atoms with Gasteiger partial charge >= 0.3 is 5.97 Å². The first-order valence-electron chi connectivity index (χ1n) is 9.61. The standard InChI is InChI=1S/C21H19Cl2FN4O3/c1-10-7-27(8-11(2)26-10)19-15(24)5-13-18(17(19)23)28(9-14(20(13)29)21(30)31)16-4-3-12(22)6-25-16/h3-6,9-11,26H,7-8H2,1-2H3,(H,30,31). The summed E-state index contributed by atoms with van der Waals surface area (Å²) in [6.07, 6.45) is 2.54. The number of aromatic nitrogens is 2. The quantitative estimate of drug-likeness (QED) is 0.614. The summed E-state index contributed by atoms with van der Waals surface area (Å²) in [5.74, 6) is -1.83. The van der Waals surface area contributed by atoms with Gasteiger partial charge in [-0.3, -0.25) is 9.36 Å². The molecule has 1 saturated heterocycles. The molecular weight excluding hydrogens is 446 g/mol. The lowest BCUT2D eigenvalue weighted by atomic mass is 10.1. The Balaban J connectivity index is 2.05. The van der Waals surface area contributed by atoms with Crippen LogP contribution in [0.25, 0.3) is 16.7 Å². The minimum Gasteiger partial charge on any atom is -0.477 e. The predicted octanol–water partition coefficient (Wildman–Crippen LogP) is 3.72. The Morgan fingerprint density at radius 1 is 1.26 bits per heavy atom. The number of nitrogens with zero attached hydrogens (tertiary/aromatic N) is 3. The van der Waals surface area contributed by atoms with Gasteiger partial charge < -0.3 is 15.3 Å². The van der Waals surface area contributed by atoms with Crippen molar-refractivity contribution in [3.63, 3.8) is 0 Å². The van der Waals surface area contributed by atoms with Gasteiger partial charge in [-0.05, 0) is 32.0 Å². The molecule has 0 radical (unpaired) electrons. The highest BCUT2D eigenvalue weighted by Crippen LogP contribution is 2.37. The molecule has 0 amide bonds. The summed E-state index contributed by atoms with van der Waals surface area (Å²) in [5, 5.41) is 13.1. The minimum atomic E-state index is -1.43. The van der Waals surface area contributed by atoms with E-state index in [-0.39, 0.29) is 33.7 Å². The van der Waals surface area contributed by atoms with Gasteiger partial charge in [0.1, 0.15) is 17.2 Å². The van der Waals surface area contributed by atoms with Crippen molar-refractivity contribution in [1.82, 2.24) is 14.9 Å². The zero-order valence-corrected chi connectivity index (χ0v) is 18.2. The van der Waals surface area contributed by atoms with Crippen molar-refractivity contribution in [3.05, 3.63) is 62.2 Å². The number of carboxylic acid groups (broad SMARTS) is 1. The highest BCUT2D eigenvalue weighted by molar-refractivity contribution is 6.38. The van der Waals surface area contributed by atoms with E-state index in [0.717, 1.165) is 12.3 Å². The summed E-state index contributed by atoms with van der Waals surface area (Å²) in [5.41, 5.74) is -0.986. The molecule has 0 saturated carbocycles. The summed E-state index contributed by atoms with van der Waals surface area (Å²) in [7, 11) is 0. The lowest BCUT2D eigenvalue weighted by Crippen LogP contribution is -2.54. The van der Waals surface area contributed by atoms with Crippen LogP contribution in [-0.4, -0.2) is 45.8 Å². The Labute approximate surface area is 187 Å². The molecule has 1 aliphatic heterocycles. The molecule has 31 heavy (non-hydrogen) atoms. The van der Waals surface area contributed by atoms with Crippen LogP contribution in [0.2, 0.25) is 10.0 Å². The highest BCUT2D eigenvalue weighted by Gasteiger charge is 2.28. The number of hydrogen-bond donors (Lipinski definition) is 2. The number of piperazine rings is 1. The number of carboxylic acids is 1. The van der Waals surface area contributed by atoms with Gasteiger partial charge in [0.05, 0.1) is 26.6 Å². The molecule has 2 atom stereocenters.